The number of rotatable bonds is 3. The van der Waals surface area contributed by atoms with Gasteiger partial charge in [-0.1, -0.05) is 6.42 Å². The molecule has 2 bridgehead atoms. The second kappa shape index (κ2) is 6.99. The summed E-state index contributed by atoms with van der Waals surface area (Å²) in [6, 6.07) is 2.44. The number of nitrogens with two attached hydrogens (primary N) is 1. The smallest absolute Gasteiger partial charge is 0.261 e. The van der Waals surface area contributed by atoms with Gasteiger partial charge in [-0.15, -0.1) is 23.7 Å². The lowest BCUT2D eigenvalue weighted by Crippen LogP contribution is -2.53. The minimum Gasteiger partial charge on any atom is -0.496 e. The highest BCUT2D eigenvalue weighted by Gasteiger charge is 2.40. The minimum absolute atomic E-state index is 0. The summed E-state index contributed by atoms with van der Waals surface area (Å²) < 4.78 is 5.14. The number of methoxy groups -OCH3 is 1. The molecule has 6 heteroatoms. The number of hydrogen-bond acceptors (Lipinski definition) is 4. The maximum atomic E-state index is 12.4. The number of carbonyl (C=O) groups excluding carboxylic acids is 1. The van der Waals surface area contributed by atoms with Gasteiger partial charge in [0.15, 0.2) is 0 Å². The number of halogens is 1. The van der Waals surface area contributed by atoms with Gasteiger partial charge in [0.05, 0.1) is 12.0 Å². The van der Waals surface area contributed by atoms with E-state index in [-0.39, 0.29) is 18.3 Å². The largest absolute Gasteiger partial charge is 0.496 e. The van der Waals surface area contributed by atoms with Gasteiger partial charge < -0.3 is 15.8 Å². The Morgan fingerprint density at radius 2 is 2.05 bits per heavy atom. The van der Waals surface area contributed by atoms with Crippen molar-refractivity contribution in [2.45, 2.75) is 44.2 Å². The predicted molar refractivity (Wildman–Crippen MR) is 87.4 cm³/mol. The van der Waals surface area contributed by atoms with Crippen molar-refractivity contribution in [3.63, 3.8) is 0 Å². The van der Waals surface area contributed by atoms with Crippen LogP contribution in [0.3, 0.4) is 0 Å². The molecule has 2 saturated carbocycles. The van der Waals surface area contributed by atoms with E-state index in [4.69, 9.17) is 10.5 Å². The van der Waals surface area contributed by atoms with Crippen LogP contribution in [0.1, 0.15) is 41.8 Å². The fourth-order valence-electron chi connectivity index (χ4n) is 3.79. The summed E-state index contributed by atoms with van der Waals surface area (Å²) in [5, 5.41) is 5.12. The molecule has 2 unspecified atom stereocenters. The molecule has 21 heavy (non-hydrogen) atoms. The van der Waals surface area contributed by atoms with Crippen LogP contribution in [-0.4, -0.2) is 25.1 Å². The van der Waals surface area contributed by atoms with Crippen molar-refractivity contribution in [1.29, 1.82) is 0 Å². The molecule has 1 aromatic heterocycles. The Labute approximate surface area is 135 Å². The summed E-state index contributed by atoms with van der Waals surface area (Å²) in [6.45, 7) is 0. The molecular formula is C15H23ClN2O2S. The lowest BCUT2D eigenvalue weighted by atomic mass is 9.67. The zero-order valence-electron chi connectivity index (χ0n) is 12.2. The van der Waals surface area contributed by atoms with E-state index in [2.05, 4.69) is 5.32 Å². The van der Waals surface area contributed by atoms with Crippen molar-refractivity contribution in [1.82, 2.24) is 5.32 Å². The SMILES string of the molecule is COc1csc(C(=O)NC2C3CCCC2CC(N)C3)c1.Cl. The van der Waals surface area contributed by atoms with Crippen LogP contribution in [0.2, 0.25) is 0 Å². The molecule has 118 valence electrons. The van der Waals surface area contributed by atoms with Gasteiger partial charge in [-0.05, 0) is 37.5 Å². The molecule has 1 heterocycles. The third-order valence-electron chi connectivity index (χ3n) is 4.71. The zero-order valence-corrected chi connectivity index (χ0v) is 13.8. The number of fused-ring (bicyclic) bond motifs is 2. The van der Waals surface area contributed by atoms with Crippen LogP contribution < -0.4 is 15.8 Å². The summed E-state index contributed by atoms with van der Waals surface area (Å²) in [5.41, 5.74) is 6.12. The average Bonchev–Trinajstić information content (AvgIpc) is 2.88. The summed E-state index contributed by atoms with van der Waals surface area (Å²) in [7, 11) is 1.62. The molecule has 2 aliphatic rings. The maximum absolute atomic E-state index is 12.4. The van der Waals surface area contributed by atoms with Crippen molar-refractivity contribution >= 4 is 29.7 Å². The molecular weight excluding hydrogens is 308 g/mol. The van der Waals surface area contributed by atoms with Gasteiger partial charge in [-0.2, -0.15) is 0 Å². The lowest BCUT2D eigenvalue weighted by Gasteiger charge is -2.45. The van der Waals surface area contributed by atoms with Crippen LogP contribution in [0.25, 0.3) is 0 Å². The Kier molecular flexibility index (Phi) is 5.52. The molecule has 1 aromatic rings. The topological polar surface area (TPSA) is 64.3 Å². The summed E-state index contributed by atoms with van der Waals surface area (Å²) in [5.74, 6) is 1.91. The van der Waals surface area contributed by atoms with Gasteiger partial charge >= 0.3 is 0 Å². The third kappa shape index (κ3) is 3.52. The highest BCUT2D eigenvalue weighted by molar-refractivity contribution is 7.12. The first kappa shape index (κ1) is 16.6. The number of hydrogen-bond donors (Lipinski definition) is 2. The minimum atomic E-state index is 0. The molecule has 2 atom stereocenters. The second-order valence-corrected chi connectivity index (χ2v) is 6.94. The van der Waals surface area contributed by atoms with E-state index in [9.17, 15) is 4.79 Å². The molecule has 3 rings (SSSR count). The van der Waals surface area contributed by atoms with Crippen LogP contribution in [0, 0.1) is 11.8 Å². The number of amides is 1. The number of thiophene rings is 1. The second-order valence-electron chi connectivity index (χ2n) is 6.03. The van der Waals surface area contributed by atoms with Crippen molar-refractivity contribution in [2.75, 3.05) is 7.11 Å². The van der Waals surface area contributed by atoms with Crippen LogP contribution >= 0.6 is 23.7 Å². The molecule has 4 nitrogen and oxygen atoms in total. The molecule has 0 saturated heterocycles. The maximum Gasteiger partial charge on any atom is 0.261 e. The molecule has 1 amide bonds. The van der Waals surface area contributed by atoms with Gasteiger partial charge in [0, 0.05) is 23.5 Å². The van der Waals surface area contributed by atoms with E-state index in [1.807, 2.05) is 11.4 Å². The Balaban J connectivity index is 0.00000161. The van der Waals surface area contributed by atoms with Crippen LogP contribution in [0.5, 0.6) is 5.75 Å². The first-order chi connectivity index (χ1) is 9.67. The monoisotopic (exact) mass is 330 g/mol. The predicted octanol–water partition coefficient (Wildman–Crippen LogP) is 2.81. The van der Waals surface area contributed by atoms with E-state index < -0.39 is 0 Å². The molecule has 0 aliphatic heterocycles. The highest BCUT2D eigenvalue weighted by atomic mass is 35.5. The van der Waals surface area contributed by atoms with Crippen molar-refractivity contribution < 1.29 is 9.53 Å². The van der Waals surface area contributed by atoms with E-state index in [1.165, 1.54) is 30.6 Å². The molecule has 2 fully saturated rings. The summed E-state index contributed by atoms with van der Waals surface area (Å²) in [4.78, 5) is 13.1. The number of nitrogens with one attached hydrogen (secondary N) is 1. The Morgan fingerprint density at radius 1 is 1.38 bits per heavy atom. The van der Waals surface area contributed by atoms with Crippen molar-refractivity contribution in [2.24, 2.45) is 17.6 Å². The quantitative estimate of drug-likeness (QED) is 0.895. The van der Waals surface area contributed by atoms with Gasteiger partial charge in [0.25, 0.3) is 5.91 Å². The van der Waals surface area contributed by atoms with Crippen LogP contribution in [0.4, 0.5) is 0 Å². The summed E-state index contributed by atoms with van der Waals surface area (Å²) >= 11 is 1.44. The normalized spacial score (nSPS) is 31.1. The molecule has 2 aliphatic carbocycles. The Bertz CT molecular complexity index is 480. The molecule has 3 N–H and O–H groups in total. The van der Waals surface area contributed by atoms with E-state index >= 15 is 0 Å². The van der Waals surface area contributed by atoms with E-state index in [0.29, 0.717) is 23.9 Å². The third-order valence-corrected chi connectivity index (χ3v) is 5.62. The zero-order chi connectivity index (χ0) is 14.1. The molecule has 0 radical (unpaired) electrons. The number of carbonyl (C=O) groups is 1. The van der Waals surface area contributed by atoms with Crippen LogP contribution in [0.15, 0.2) is 11.4 Å². The fraction of sp³-hybridized carbons (Fsp3) is 0.667. The van der Waals surface area contributed by atoms with Gasteiger partial charge in [0.1, 0.15) is 5.75 Å². The summed E-state index contributed by atoms with van der Waals surface area (Å²) in [6.07, 6.45) is 5.78. The molecule has 0 spiro atoms. The van der Waals surface area contributed by atoms with E-state index in [0.717, 1.165) is 23.5 Å². The standard InChI is InChI=1S/C15H22N2O2S.ClH/c1-19-12-7-13(20-8-12)15(18)17-14-9-3-2-4-10(14)6-11(16)5-9;/h7-11,14H,2-6,16H2,1H3,(H,17,18);1H. The van der Waals surface area contributed by atoms with Crippen LogP contribution in [-0.2, 0) is 0 Å². The first-order valence-corrected chi connectivity index (χ1v) is 8.24. The van der Waals surface area contributed by atoms with Gasteiger partial charge in [-0.25, -0.2) is 0 Å². The number of ether oxygens (including phenoxy) is 1. The van der Waals surface area contributed by atoms with Gasteiger partial charge in [-0.3, -0.25) is 4.79 Å². The van der Waals surface area contributed by atoms with Crippen molar-refractivity contribution in [3.05, 3.63) is 16.3 Å². The Hall–Kier alpha value is -0.780. The Morgan fingerprint density at radius 3 is 2.62 bits per heavy atom. The first-order valence-electron chi connectivity index (χ1n) is 7.36. The lowest BCUT2D eigenvalue weighted by molar-refractivity contribution is 0.0759. The highest BCUT2D eigenvalue weighted by Crippen LogP contribution is 2.39. The molecule has 0 aromatic carbocycles. The fourth-order valence-corrected chi connectivity index (χ4v) is 4.55. The van der Waals surface area contributed by atoms with Crippen molar-refractivity contribution in [3.8, 4) is 5.75 Å². The van der Waals surface area contributed by atoms with Gasteiger partial charge in [0.2, 0.25) is 0 Å². The van der Waals surface area contributed by atoms with E-state index in [1.54, 1.807) is 7.11 Å². The average molecular weight is 331 g/mol.